The number of nitrogens with zero attached hydrogens (tertiary/aromatic N) is 5. The molecule has 0 radical (unpaired) electrons. The SMILES string of the molecule is Cc1ccccc1C(C)c1noc(C2CCN(c3oc(-c4cccc5ccccc45)nc3C#N)CC2)n1. The van der Waals surface area contributed by atoms with Gasteiger partial charge in [0.15, 0.2) is 5.82 Å². The Morgan fingerprint density at radius 1 is 0.973 bits per heavy atom. The van der Waals surface area contributed by atoms with E-state index in [0.29, 0.717) is 42.3 Å². The molecule has 3 heterocycles. The van der Waals surface area contributed by atoms with Crippen molar-refractivity contribution in [3.63, 3.8) is 0 Å². The van der Waals surface area contributed by atoms with E-state index in [2.05, 4.69) is 59.2 Å². The minimum absolute atomic E-state index is 0.0682. The Kier molecular flexibility index (Phi) is 5.93. The number of anilines is 1. The van der Waals surface area contributed by atoms with Gasteiger partial charge >= 0.3 is 0 Å². The van der Waals surface area contributed by atoms with Gasteiger partial charge in [-0.15, -0.1) is 0 Å². The lowest BCUT2D eigenvalue weighted by Gasteiger charge is -2.29. The summed E-state index contributed by atoms with van der Waals surface area (Å²) in [6.07, 6.45) is 1.66. The lowest BCUT2D eigenvalue weighted by atomic mass is 9.95. The highest BCUT2D eigenvalue weighted by Gasteiger charge is 2.30. The van der Waals surface area contributed by atoms with Crippen molar-refractivity contribution in [2.45, 2.75) is 38.5 Å². The van der Waals surface area contributed by atoms with Crippen LogP contribution in [0.5, 0.6) is 0 Å². The van der Waals surface area contributed by atoms with Crippen molar-refractivity contribution in [3.05, 3.63) is 95.3 Å². The molecular weight excluding hydrogens is 462 g/mol. The number of rotatable bonds is 5. The quantitative estimate of drug-likeness (QED) is 0.275. The Hall–Kier alpha value is -4.44. The predicted molar refractivity (Wildman–Crippen MR) is 141 cm³/mol. The number of nitriles is 1. The number of piperidine rings is 1. The van der Waals surface area contributed by atoms with Gasteiger partial charge in [0.2, 0.25) is 23.4 Å². The van der Waals surface area contributed by atoms with Crippen molar-refractivity contribution in [2.24, 2.45) is 0 Å². The van der Waals surface area contributed by atoms with Gasteiger partial charge in [-0.05, 0) is 47.7 Å². The lowest BCUT2D eigenvalue weighted by molar-refractivity contribution is 0.324. The highest BCUT2D eigenvalue weighted by Crippen LogP contribution is 2.36. The maximum atomic E-state index is 9.79. The summed E-state index contributed by atoms with van der Waals surface area (Å²) >= 11 is 0. The highest BCUT2D eigenvalue weighted by atomic mass is 16.5. The Morgan fingerprint density at radius 3 is 2.54 bits per heavy atom. The molecule has 1 saturated heterocycles. The third kappa shape index (κ3) is 4.25. The first-order chi connectivity index (χ1) is 18.1. The predicted octanol–water partition coefficient (Wildman–Crippen LogP) is 6.59. The molecule has 7 heteroatoms. The van der Waals surface area contributed by atoms with E-state index in [1.54, 1.807) is 0 Å². The zero-order valence-corrected chi connectivity index (χ0v) is 20.9. The second kappa shape index (κ2) is 9.55. The van der Waals surface area contributed by atoms with Crippen LogP contribution in [0, 0.1) is 18.3 Å². The molecule has 1 aliphatic rings. The molecule has 5 aromatic rings. The first kappa shape index (κ1) is 23.0. The zero-order chi connectivity index (χ0) is 25.4. The summed E-state index contributed by atoms with van der Waals surface area (Å²) in [6, 6.07) is 24.7. The number of aryl methyl sites for hydroxylation is 1. The van der Waals surface area contributed by atoms with Crippen LogP contribution >= 0.6 is 0 Å². The van der Waals surface area contributed by atoms with Gasteiger partial charge < -0.3 is 13.8 Å². The van der Waals surface area contributed by atoms with Crippen molar-refractivity contribution in [3.8, 4) is 17.5 Å². The van der Waals surface area contributed by atoms with Gasteiger partial charge in [0.05, 0.1) is 0 Å². The van der Waals surface area contributed by atoms with Crippen LogP contribution in [0.1, 0.15) is 60.1 Å². The molecule has 37 heavy (non-hydrogen) atoms. The molecule has 3 aromatic carbocycles. The number of hydrogen-bond acceptors (Lipinski definition) is 7. The molecule has 0 saturated carbocycles. The Bertz CT molecular complexity index is 1600. The van der Waals surface area contributed by atoms with Crippen molar-refractivity contribution < 1.29 is 8.94 Å². The molecule has 0 spiro atoms. The van der Waals surface area contributed by atoms with Crippen molar-refractivity contribution in [1.29, 1.82) is 5.26 Å². The van der Waals surface area contributed by atoms with Crippen LogP contribution in [-0.4, -0.2) is 28.2 Å². The fourth-order valence-electron chi connectivity index (χ4n) is 5.26. The summed E-state index contributed by atoms with van der Waals surface area (Å²) in [5.41, 5.74) is 3.63. The topological polar surface area (TPSA) is 92.0 Å². The largest absolute Gasteiger partial charge is 0.419 e. The summed E-state index contributed by atoms with van der Waals surface area (Å²) in [7, 11) is 0. The van der Waals surface area contributed by atoms with Crippen LogP contribution < -0.4 is 4.90 Å². The van der Waals surface area contributed by atoms with Gasteiger partial charge in [-0.3, -0.25) is 0 Å². The van der Waals surface area contributed by atoms with Crippen LogP contribution in [0.15, 0.2) is 75.7 Å². The van der Waals surface area contributed by atoms with E-state index in [1.807, 2.05) is 42.5 Å². The molecule has 0 aliphatic carbocycles. The van der Waals surface area contributed by atoms with E-state index < -0.39 is 0 Å². The molecule has 1 aliphatic heterocycles. The van der Waals surface area contributed by atoms with Crippen LogP contribution in [0.3, 0.4) is 0 Å². The molecule has 184 valence electrons. The van der Waals surface area contributed by atoms with E-state index in [-0.39, 0.29) is 11.8 Å². The number of oxazole rings is 1. The van der Waals surface area contributed by atoms with Crippen molar-refractivity contribution in [2.75, 3.05) is 18.0 Å². The highest BCUT2D eigenvalue weighted by molar-refractivity contribution is 5.94. The fourth-order valence-corrected chi connectivity index (χ4v) is 5.26. The average molecular weight is 490 g/mol. The first-order valence-corrected chi connectivity index (χ1v) is 12.7. The molecule has 1 atom stereocenters. The Morgan fingerprint density at radius 2 is 1.73 bits per heavy atom. The van der Waals surface area contributed by atoms with Crippen molar-refractivity contribution in [1.82, 2.24) is 15.1 Å². The van der Waals surface area contributed by atoms with Crippen LogP contribution in [-0.2, 0) is 0 Å². The molecule has 0 amide bonds. The van der Waals surface area contributed by atoms with Gasteiger partial charge in [0.1, 0.15) is 6.07 Å². The minimum Gasteiger partial charge on any atom is -0.419 e. The average Bonchev–Trinajstić information content (AvgIpc) is 3.61. The third-order valence-corrected chi connectivity index (χ3v) is 7.37. The minimum atomic E-state index is 0.0682. The van der Waals surface area contributed by atoms with Crippen LogP contribution in [0.4, 0.5) is 5.88 Å². The molecule has 1 fully saturated rings. The maximum Gasteiger partial charge on any atom is 0.235 e. The standard InChI is InChI=1S/C30H27N5O2/c1-19-8-3-5-11-23(19)20(2)27-33-28(37-34-27)22-14-16-35(17-15-22)30-26(18-31)32-29(36-30)25-13-7-10-21-9-4-6-12-24(21)25/h3-13,20,22H,14-17H2,1-2H3. The summed E-state index contributed by atoms with van der Waals surface area (Å²) in [4.78, 5) is 11.4. The Labute approximate surface area is 215 Å². The summed E-state index contributed by atoms with van der Waals surface area (Å²) < 4.78 is 11.9. The molecule has 1 unspecified atom stereocenters. The van der Waals surface area contributed by atoms with Gasteiger partial charge in [-0.2, -0.15) is 15.2 Å². The molecular formula is C30H27N5O2. The van der Waals surface area contributed by atoms with E-state index in [4.69, 9.17) is 13.9 Å². The van der Waals surface area contributed by atoms with E-state index in [1.165, 1.54) is 11.1 Å². The lowest BCUT2D eigenvalue weighted by Crippen LogP contribution is -2.33. The van der Waals surface area contributed by atoms with Gasteiger partial charge in [-0.25, -0.2) is 0 Å². The summed E-state index contributed by atoms with van der Waals surface area (Å²) in [6.45, 7) is 5.65. The maximum absolute atomic E-state index is 9.79. The summed E-state index contributed by atoms with van der Waals surface area (Å²) in [5.74, 6) is 2.64. The molecule has 7 nitrogen and oxygen atoms in total. The number of benzene rings is 3. The van der Waals surface area contributed by atoms with Gasteiger partial charge in [0.25, 0.3) is 0 Å². The zero-order valence-electron chi connectivity index (χ0n) is 20.9. The molecule has 0 bridgehead atoms. The van der Waals surface area contributed by atoms with E-state index >= 15 is 0 Å². The van der Waals surface area contributed by atoms with E-state index in [9.17, 15) is 5.26 Å². The second-order valence-corrected chi connectivity index (χ2v) is 9.64. The Balaban J connectivity index is 1.19. The number of fused-ring (bicyclic) bond motifs is 1. The fraction of sp³-hybridized carbons (Fsp3) is 0.267. The second-order valence-electron chi connectivity index (χ2n) is 9.64. The van der Waals surface area contributed by atoms with Crippen LogP contribution in [0.2, 0.25) is 0 Å². The van der Waals surface area contributed by atoms with Gasteiger partial charge in [0, 0.05) is 30.5 Å². The summed E-state index contributed by atoms with van der Waals surface area (Å²) in [5, 5.41) is 16.2. The van der Waals surface area contributed by atoms with Crippen molar-refractivity contribution >= 4 is 16.7 Å². The van der Waals surface area contributed by atoms with Crippen LogP contribution in [0.25, 0.3) is 22.2 Å². The third-order valence-electron chi connectivity index (χ3n) is 7.37. The number of aromatic nitrogens is 3. The molecule has 0 N–H and O–H groups in total. The first-order valence-electron chi connectivity index (χ1n) is 12.7. The van der Waals surface area contributed by atoms with E-state index in [0.717, 1.165) is 29.2 Å². The van der Waals surface area contributed by atoms with Gasteiger partial charge in [-0.1, -0.05) is 72.7 Å². The smallest absolute Gasteiger partial charge is 0.235 e. The number of hydrogen-bond donors (Lipinski definition) is 0. The molecule has 6 rings (SSSR count). The molecule has 2 aromatic heterocycles. The monoisotopic (exact) mass is 489 g/mol. The normalized spacial score (nSPS) is 15.1.